The molecule has 1 atom stereocenters. The Morgan fingerprint density at radius 1 is 1.29 bits per heavy atom. The normalized spacial score (nSPS) is 12.6. The lowest BCUT2D eigenvalue weighted by molar-refractivity contribution is 0.242. The van der Waals surface area contributed by atoms with Crippen LogP contribution in [0.4, 0.5) is 0 Å². The molecule has 2 rings (SSSR count). The zero-order chi connectivity index (χ0) is 15.1. The lowest BCUT2D eigenvalue weighted by Crippen LogP contribution is -2.22. The zero-order valence-electron chi connectivity index (χ0n) is 12.6. The molecule has 0 saturated carbocycles. The van der Waals surface area contributed by atoms with Crippen LogP contribution in [0.3, 0.4) is 0 Å². The van der Waals surface area contributed by atoms with Gasteiger partial charge in [-0.3, -0.25) is 0 Å². The van der Waals surface area contributed by atoms with Crippen molar-refractivity contribution in [3.8, 4) is 5.75 Å². The van der Waals surface area contributed by atoms with Gasteiger partial charge in [-0.15, -0.1) is 0 Å². The van der Waals surface area contributed by atoms with E-state index in [4.69, 9.17) is 4.74 Å². The first-order valence-corrected chi connectivity index (χ1v) is 8.84. The summed E-state index contributed by atoms with van der Waals surface area (Å²) in [7, 11) is 0. The van der Waals surface area contributed by atoms with Crippen molar-refractivity contribution in [2.45, 2.75) is 37.3 Å². The van der Waals surface area contributed by atoms with Crippen molar-refractivity contribution < 1.29 is 4.74 Å². The van der Waals surface area contributed by atoms with Crippen LogP contribution in [-0.2, 0) is 0 Å². The van der Waals surface area contributed by atoms with Gasteiger partial charge in [-0.05, 0) is 49.6 Å². The fourth-order valence-electron chi connectivity index (χ4n) is 1.95. The second kappa shape index (κ2) is 8.36. The number of rotatable bonds is 8. The van der Waals surface area contributed by atoms with Crippen LogP contribution in [0.15, 0.2) is 34.9 Å². The molecule has 1 heterocycles. The van der Waals surface area contributed by atoms with Crippen LogP contribution < -0.4 is 10.1 Å². The molecule has 0 aliphatic heterocycles. The Labute approximate surface area is 134 Å². The molecule has 2 aromatic rings. The summed E-state index contributed by atoms with van der Waals surface area (Å²) in [5, 5.41) is 3.52. The van der Waals surface area contributed by atoms with Crippen molar-refractivity contribution in [1.29, 1.82) is 0 Å². The van der Waals surface area contributed by atoms with E-state index >= 15 is 0 Å². The summed E-state index contributed by atoms with van der Waals surface area (Å²) in [5.74, 6) is 1.86. The Kier molecular flexibility index (Phi) is 6.48. The molecule has 1 aromatic heterocycles. The minimum absolute atomic E-state index is 0.202. The van der Waals surface area contributed by atoms with Crippen LogP contribution in [0.1, 0.15) is 32.4 Å². The van der Waals surface area contributed by atoms with Gasteiger partial charge in [-0.2, -0.15) is 4.37 Å². The second-order valence-corrected chi connectivity index (χ2v) is 6.91. The van der Waals surface area contributed by atoms with Crippen molar-refractivity contribution >= 4 is 23.3 Å². The van der Waals surface area contributed by atoms with E-state index in [0.717, 1.165) is 22.4 Å². The molecule has 0 radical (unpaired) electrons. The highest BCUT2D eigenvalue weighted by Crippen LogP contribution is 2.26. The van der Waals surface area contributed by atoms with Crippen LogP contribution in [0.5, 0.6) is 5.75 Å². The molecule has 0 saturated heterocycles. The molecule has 1 N–H and O–H groups in total. The Hall–Kier alpha value is -1.11. The van der Waals surface area contributed by atoms with E-state index in [1.165, 1.54) is 17.1 Å². The largest absolute Gasteiger partial charge is 0.491 e. The lowest BCUT2D eigenvalue weighted by Gasteiger charge is -2.18. The van der Waals surface area contributed by atoms with Gasteiger partial charge < -0.3 is 10.1 Å². The highest BCUT2D eigenvalue weighted by Gasteiger charge is 2.12. The van der Waals surface area contributed by atoms with Crippen molar-refractivity contribution in [3.63, 3.8) is 0 Å². The SMILES string of the molecule is CCNC(CSc1ncns1)c1ccc(OC(C)C)cc1. The number of nitrogens with one attached hydrogen (secondary N) is 1. The van der Waals surface area contributed by atoms with E-state index in [2.05, 4.69) is 33.7 Å². The highest BCUT2D eigenvalue weighted by atomic mass is 32.2. The number of hydrogen-bond acceptors (Lipinski definition) is 6. The van der Waals surface area contributed by atoms with E-state index in [9.17, 15) is 0 Å². The van der Waals surface area contributed by atoms with Crippen molar-refractivity contribution in [2.75, 3.05) is 12.3 Å². The summed E-state index contributed by atoms with van der Waals surface area (Å²) in [6.45, 7) is 7.13. The van der Waals surface area contributed by atoms with Gasteiger partial charge in [0, 0.05) is 11.8 Å². The van der Waals surface area contributed by atoms with Crippen LogP contribution >= 0.6 is 23.3 Å². The van der Waals surface area contributed by atoms with E-state index in [1.54, 1.807) is 18.1 Å². The van der Waals surface area contributed by atoms with Crippen molar-refractivity contribution in [2.24, 2.45) is 0 Å². The number of thioether (sulfide) groups is 1. The van der Waals surface area contributed by atoms with E-state index in [0.29, 0.717) is 6.04 Å². The summed E-state index contributed by atoms with van der Waals surface area (Å²) in [4.78, 5) is 4.21. The van der Waals surface area contributed by atoms with Gasteiger partial charge >= 0.3 is 0 Å². The van der Waals surface area contributed by atoms with E-state index in [1.807, 2.05) is 26.0 Å². The molecular formula is C15H21N3OS2. The first-order chi connectivity index (χ1) is 10.2. The van der Waals surface area contributed by atoms with Crippen LogP contribution in [0.25, 0.3) is 0 Å². The zero-order valence-corrected chi connectivity index (χ0v) is 14.2. The first-order valence-electron chi connectivity index (χ1n) is 7.08. The highest BCUT2D eigenvalue weighted by molar-refractivity contribution is 8.00. The number of nitrogens with zero attached hydrogens (tertiary/aromatic N) is 2. The van der Waals surface area contributed by atoms with Gasteiger partial charge in [0.2, 0.25) is 0 Å². The molecular weight excluding hydrogens is 302 g/mol. The molecule has 0 spiro atoms. The third-order valence-electron chi connectivity index (χ3n) is 2.82. The maximum Gasteiger partial charge on any atom is 0.169 e. The predicted molar refractivity (Wildman–Crippen MR) is 89.3 cm³/mol. The quantitative estimate of drug-likeness (QED) is 0.749. The maximum atomic E-state index is 5.69. The average Bonchev–Trinajstić information content (AvgIpc) is 2.97. The molecule has 0 bridgehead atoms. The molecule has 6 heteroatoms. The monoisotopic (exact) mass is 323 g/mol. The summed E-state index contributed by atoms with van der Waals surface area (Å²) in [6, 6.07) is 8.64. The summed E-state index contributed by atoms with van der Waals surface area (Å²) < 4.78 is 10.7. The minimum Gasteiger partial charge on any atom is -0.491 e. The van der Waals surface area contributed by atoms with E-state index in [-0.39, 0.29) is 6.10 Å². The molecule has 0 aliphatic rings. The Balaban J connectivity index is 1.99. The van der Waals surface area contributed by atoms with Gasteiger partial charge in [0.15, 0.2) is 4.34 Å². The number of aromatic nitrogens is 2. The number of hydrogen-bond donors (Lipinski definition) is 1. The molecule has 0 fully saturated rings. The van der Waals surface area contributed by atoms with Gasteiger partial charge in [0.25, 0.3) is 0 Å². The first kappa shape index (κ1) is 16.3. The molecule has 0 amide bonds. The van der Waals surface area contributed by atoms with Crippen molar-refractivity contribution in [1.82, 2.24) is 14.7 Å². The Morgan fingerprint density at radius 3 is 2.62 bits per heavy atom. The maximum absolute atomic E-state index is 5.69. The Bertz CT molecular complexity index is 514. The number of ether oxygens (including phenoxy) is 1. The summed E-state index contributed by atoms with van der Waals surface area (Å²) in [6.07, 6.45) is 1.81. The van der Waals surface area contributed by atoms with Gasteiger partial charge in [0.1, 0.15) is 12.1 Å². The topological polar surface area (TPSA) is 47.0 Å². The molecule has 1 unspecified atom stereocenters. The summed E-state index contributed by atoms with van der Waals surface area (Å²) in [5.41, 5.74) is 1.27. The molecule has 1 aromatic carbocycles. The van der Waals surface area contributed by atoms with E-state index < -0.39 is 0 Å². The third-order valence-corrected chi connectivity index (χ3v) is 4.71. The van der Waals surface area contributed by atoms with Gasteiger partial charge in [-0.25, -0.2) is 4.98 Å². The minimum atomic E-state index is 0.202. The molecule has 0 aliphatic carbocycles. The lowest BCUT2D eigenvalue weighted by atomic mass is 10.1. The third kappa shape index (κ3) is 5.30. The predicted octanol–water partition coefficient (Wildman–Crippen LogP) is 3.77. The van der Waals surface area contributed by atoms with Crippen LogP contribution in [0, 0.1) is 0 Å². The molecule has 114 valence electrons. The second-order valence-electron chi connectivity index (χ2n) is 4.86. The fraction of sp³-hybridized carbons (Fsp3) is 0.467. The van der Waals surface area contributed by atoms with Crippen LogP contribution in [-0.4, -0.2) is 27.8 Å². The number of benzene rings is 1. The standard InChI is InChI=1S/C15H21N3OS2/c1-4-16-14(9-20-15-17-10-18-21-15)12-5-7-13(8-6-12)19-11(2)3/h5-8,10-11,14,16H,4,9H2,1-3H3. The van der Waals surface area contributed by atoms with Gasteiger partial charge in [0.05, 0.1) is 6.10 Å². The fourth-order valence-corrected chi connectivity index (χ4v) is 3.52. The Morgan fingerprint density at radius 2 is 2.05 bits per heavy atom. The molecule has 4 nitrogen and oxygen atoms in total. The summed E-state index contributed by atoms with van der Waals surface area (Å²) >= 11 is 3.18. The molecule has 21 heavy (non-hydrogen) atoms. The smallest absolute Gasteiger partial charge is 0.169 e. The van der Waals surface area contributed by atoms with Gasteiger partial charge in [-0.1, -0.05) is 30.8 Å². The van der Waals surface area contributed by atoms with Crippen LogP contribution in [0.2, 0.25) is 0 Å². The van der Waals surface area contributed by atoms with Crippen molar-refractivity contribution in [3.05, 3.63) is 36.2 Å². The average molecular weight is 323 g/mol.